The average Bonchev–Trinajstić information content (AvgIpc) is 3.44. The first-order chi connectivity index (χ1) is 14.2. The first kappa shape index (κ1) is 18.4. The molecule has 9 nitrogen and oxygen atoms in total. The van der Waals surface area contributed by atoms with Crippen LogP contribution in [0.5, 0.6) is 5.75 Å². The number of oxazole rings is 1. The van der Waals surface area contributed by atoms with Gasteiger partial charge in [0.2, 0.25) is 11.6 Å². The Balaban J connectivity index is 1.39. The molecule has 148 valence electrons. The van der Waals surface area contributed by atoms with Gasteiger partial charge in [0.25, 0.3) is 5.89 Å². The van der Waals surface area contributed by atoms with E-state index in [0.29, 0.717) is 43.5 Å². The van der Waals surface area contributed by atoms with Crippen molar-refractivity contribution in [3.05, 3.63) is 48.4 Å². The summed E-state index contributed by atoms with van der Waals surface area (Å²) in [7, 11) is 1.59. The van der Waals surface area contributed by atoms with Gasteiger partial charge in [-0.15, -0.1) is 0 Å². The van der Waals surface area contributed by atoms with Crippen LogP contribution < -0.4 is 15.0 Å². The maximum Gasteiger partial charge on any atom is 0.321 e. The number of benzene rings is 1. The maximum absolute atomic E-state index is 12.5. The second-order valence-electron chi connectivity index (χ2n) is 6.39. The number of carbonyl (C=O) groups is 1. The molecule has 4 rings (SSSR count). The van der Waals surface area contributed by atoms with Crippen molar-refractivity contribution in [3.63, 3.8) is 0 Å². The van der Waals surface area contributed by atoms with Crippen molar-refractivity contribution in [3.8, 4) is 23.5 Å². The SMILES string of the molecule is COc1ccc(NC(=O)N2CCN(c3oc(-c4ccco4)nc3C#N)CC2)cc1. The normalized spacial score (nSPS) is 13.8. The fraction of sp³-hybridized carbons (Fsp3) is 0.250. The number of hydrogen-bond acceptors (Lipinski definition) is 7. The second-order valence-corrected chi connectivity index (χ2v) is 6.39. The number of furan rings is 1. The standard InChI is InChI=1S/C20H19N5O4/c1-27-15-6-4-14(5-7-15)22-20(26)25-10-8-24(9-11-25)19-16(13-21)23-18(29-19)17-3-2-12-28-17/h2-7,12H,8-11H2,1H3,(H,22,26). The first-order valence-corrected chi connectivity index (χ1v) is 9.07. The Morgan fingerprint density at radius 2 is 1.97 bits per heavy atom. The second kappa shape index (κ2) is 7.98. The number of piperazine rings is 1. The smallest absolute Gasteiger partial charge is 0.321 e. The van der Waals surface area contributed by atoms with Gasteiger partial charge >= 0.3 is 6.03 Å². The van der Waals surface area contributed by atoms with Gasteiger partial charge in [-0.3, -0.25) is 0 Å². The highest BCUT2D eigenvalue weighted by molar-refractivity contribution is 5.89. The number of aromatic nitrogens is 1. The third-order valence-corrected chi connectivity index (χ3v) is 4.64. The summed E-state index contributed by atoms with van der Waals surface area (Å²) >= 11 is 0. The summed E-state index contributed by atoms with van der Waals surface area (Å²) in [6.07, 6.45) is 1.52. The van der Waals surface area contributed by atoms with E-state index in [1.54, 1.807) is 48.4 Å². The molecule has 0 radical (unpaired) electrons. The molecule has 1 saturated heterocycles. The third kappa shape index (κ3) is 3.87. The molecule has 29 heavy (non-hydrogen) atoms. The van der Waals surface area contributed by atoms with Crippen LogP contribution in [0.25, 0.3) is 11.7 Å². The van der Waals surface area contributed by atoms with Gasteiger partial charge in [-0.2, -0.15) is 10.2 Å². The number of urea groups is 1. The van der Waals surface area contributed by atoms with Gasteiger partial charge < -0.3 is 28.7 Å². The molecular weight excluding hydrogens is 374 g/mol. The molecule has 0 aliphatic carbocycles. The van der Waals surface area contributed by atoms with Crippen molar-refractivity contribution in [1.29, 1.82) is 5.26 Å². The Bertz CT molecular complexity index is 1010. The summed E-state index contributed by atoms with van der Waals surface area (Å²) in [6, 6.07) is 12.5. The van der Waals surface area contributed by atoms with E-state index in [9.17, 15) is 10.1 Å². The number of anilines is 2. The van der Waals surface area contributed by atoms with Crippen LogP contribution in [0.3, 0.4) is 0 Å². The Kier molecular flexibility index (Phi) is 5.07. The number of carbonyl (C=O) groups excluding carboxylic acids is 1. The maximum atomic E-state index is 12.5. The van der Waals surface area contributed by atoms with Gasteiger partial charge in [-0.25, -0.2) is 4.79 Å². The monoisotopic (exact) mass is 393 g/mol. The van der Waals surface area contributed by atoms with Crippen LogP contribution in [0.2, 0.25) is 0 Å². The molecule has 0 saturated carbocycles. The van der Waals surface area contributed by atoms with Crippen molar-refractivity contribution < 1.29 is 18.4 Å². The van der Waals surface area contributed by atoms with Gasteiger partial charge in [-0.1, -0.05) is 0 Å². The zero-order chi connectivity index (χ0) is 20.2. The average molecular weight is 393 g/mol. The van der Waals surface area contributed by atoms with E-state index in [4.69, 9.17) is 13.6 Å². The molecule has 3 heterocycles. The molecule has 1 aliphatic rings. The highest BCUT2D eigenvalue weighted by atomic mass is 16.5. The van der Waals surface area contributed by atoms with Crippen LogP contribution in [0.4, 0.5) is 16.4 Å². The predicted octanol–water partition coefficient (Wildman–Crippen LogP) is 3.17. The van der Waals surface area contributed by atoms with Crippen LogP contribution >= 0.6 is 0 Å². The van der Waals surface area contributed by atoms with Crippen LogP contribution in [0.15, 0.2) is 51.5 Å². The van der Waals surface area contributed by atoms with Crippen LogP contribution in [0, 0.1) is 11.3 Å². The molecule has 0 spiro atoms. The zero-order valence-corrected chi connectivity index (χ0v) is 15.8. The van der Waals surface area contributed by atoms with Gasteiger partial charge in [0.15, 0.2) is 5.76 Å². The quantitative estimate of drug-likeness (QED) is 0.725. The minimum atomic E-state index is -0.177. The largest absolute Gasteiger partial charge is 0.497 e. The van der Waals surface area contributed by atoms with Crippen LogP contribution in [0.1, 0.15) is 5.69 Å². The number of amides is 2. The minimum Gasteiger partial charge on any atom is -0.497 e. The molecule has 1 aromatic carbocycles. The molecule has 1 aliphatic heterocycles. The summed E-state index contributed by atoms with van der Waals surface area (Å²) in [6.45, 7) is 2.03. The van der Waals surface area contributed by atoms with E-state index in [-0.39, 0.29) is 17.6 Å². The Morgan fingerprint density at radius 1 is 1.21 bits per heavy atom. The van der Waals surface area contributed by atoms with E-state index < -0.39 is 0 Å². The third-order valence-electron chi connectivity index (χ3n) is 4.64. The topological polar surface area (TPSA) is 108 Å². The molecule has 2 aromatic heterocycles. The fourth-order valence-corrected chi connectivity index (χ4v) is 3.09. The number of methoxy groups -OCH3 is 1. The molecule has 1 N–H and O–H groups in total. The highest BCUT2D eigenvalue weighted by Gasteiger charge is 2.27. The lowest BCUT2D eigenvalue weighted by atomic mass is 10.3. The summed E-state index contributed by atoms with van der Waals surface area (Å²) in [5.74, 6) is 1.85. The van der Waals surface area contributed by atoms with Crippen LogP contribution in [-0.2, 0) is 0 Å². The molecule has 9 heteroatoms. The number of nitrogens with one attached hydrogen (secondary N) is 1. The molecule has 1 fully saturated rings. The Hall–Kier alpha value is -3.93. The highest BCUT2D eigenvalue weighted by Crippen LogP contribution is 2.29. The Labute approximate surface area is 167 Å². The number of rotatable bonds is 4. The lowest BCUT2D eigenvalue weighted by Gasteiger charge is -2.34. The molecule has 3 aromatic rings. The molecular formula is C20H19N5O4. The zero-order valence-electron chi connectivity index (χ0n) is 15.8. The van der Waals surface area contributed by atoms with Crippen molar-refractivity contribution >= 4 is 17.6 Å². The molecule has 0 bridgehead atoms. The van der Waals surface area contributed by atoms with Crippen molar-refractivity contribution in [2.45, 2.75) is 0 Å². The number of nitriles is 1. The van der Waals surface area contributed by atoms with E-state index >= 15 is 0 Å². The number of ether oxygens (including phenoxy) is 1. The predicted molar refractivity (Wildman–Crippen MR) is 105 cm³/mol. The minimum absolute atomic E-state index is 0.177. The van der Waals surface area contributed by atoms with E-state index in [1.165, 1.54) is 6.26 Å². The van der Waals surface area contributed by atoms with Crippen molar-refractivity contribution in [2.75, 3.05) is 43.5 Å². The fourth-order valence-electron chi connectivity index (χ4n) is 3.09. The van der Waals surface area contributed by atoms with Crippen molar-refractivity contribution in [1.82, 2.24) is 9.88 Å². The summed E-state index contributed by atoms with van der Waals surface area (Å²) in [5, 5.41) is 12.3. The molecule has 0 atom stereocenters. The van der Waals surface area contributed by atoms with Crippen molar-refractivity contribution in [2.24, 2.45) is 0 Å². The van der Waals surface area contributed by atoms with E-state index in [0.717, 1.165) is 5.75 Å². The van der Waals surface area contributed by atoms with Gasteiger partial charge in [0.05, 0.1) is 13.4 Å². The lowest BCUT2D eigenvalue weighted by molar-refractivity contribution is 0.207. The first-order valence-electron chi connectivity index (χ1n) is 9.07. The van der Waals surface area contributed by atoms with E-state index in [2.05, 4.69) is 16.4 Å². The lowest BCUT2D eigenvalue weighted by Crippen LogP contribution is -2.50. The molecule has 0 unspecified atom stereocenters. The summed E-state index contributed by atoms with van der Waals surface area (Å²) in [5.41, 5.74) is 0.899. The van der Waals surface area contributed by atoms with E-state index in [1.807, 2.05) is 4.90 Å². The van der Waals surface area contributed by atoms with Gasteiger partial charge in [0, 0.05) is 31.9 Å². The van der Waals surface area contributed by atoms with Crippen LogP contribution in [-0.4, -0.2) is 49.2 Å². The van der Waals surface area contributed by atoms with Gasteiger partial charge in [0.1, 0.15) is 11.8 Å². The number of hydrogen-bond donors (Lipinski definition) is 1. The Morgan fingerprint density at radius 3 is 2.59 bits per heavy atom. The molecule has 2 amide bonds. The summed E-state index contributed by atoms with van der Waals surface area (Å²) < 4.78 is 16.2. The number of nitrogens with zero attached hydrogens (tertiary/aromatic N) is 4. The summed E-state index contributed by atoms with van der Waals surface area (Å²) in [4.78, 5) is 20.3. The van der Waals surface area contributed by atoms with Gasteiger partial charge in [-0.05, 0) is 36.4 Å².